The number of methoxy groups -OCH3 is 3. The van der Waals surface area contributed by atoms with Gasteiger partial charge in [0, 0.05) is 11.1 Å². The number of benzene rings is 3. The summed E-state index contributed by atoms with van der Waals surface area (Å²) < 4.78 is 17.3. The van der Waals surface area contributed by atoms with E-state index in [2.05, 4.69) is 0 Å². The van der Waals surface area contributed by atoms with E-state index >= 15 is 0 Å². The number of ketones is 1. The van der Waals surface area contributed by atoms with Crippen LogP contribution < -0.4 is 19.1 Å². The minimum absolute atomic E-state index is 0.0664. The van der Waals surface area contributed by atoms with Crippen molar-refractivity contribution in [3.05, 3.63) is 81.9 Å². The molecule has 1 N–H and O–H groups in total. The van der Waals surface area contributed by atoms with Gasteiger partial charge in [-0.1, -0.05) is 17.4 Å². The standard InChI is InChI=1S/C30H28N2O6S/c1-15-11-17(3)25-23(12-15)39-30(31-25)32-26(20-14-19(36-4)8-10-22(20)38-6)24(28(34)29(32)35)27(33)18-7-9-21(37-5)16(2)13-18/h7-14,26,33H,1-6H3. The molecule has 4 aromatic rings. The van der Waals surface area contributed by atoms with Crippen LogP contribution in [0.5, 0.6) is 17.2 Å². The number of fused-ring (bicyclic) bond motifs is 1. The van der Waals surface area contributed by atoms with Crippen molar-refractivity contribution < 1.29 is 28.9 Å². The molecule has 0 spiro atoms. The number of aliphatic hydroxyl groups excluding tert-OH is 1. The maximum absolute atomic E-state index is 13.7. The largest absolute Gasteiger partial charge is 0.507 e. The molecule has 1 saturated heterocycles. The highest BCUT2D eigenvalue weighted by Crippen LogP contribution is 2.47. The number of thiazole rings is 1. The van der Waals surface area contributed by atoms with E-state index in [1.807, 2.05) is 32.9 Å². The molecule has 39 heavy (non-hydrogen) atoms. The molecule has 5 rings (SSSR count). The van der Waals surface area contributed by atoms with Gasteiger partial charge in [-0.3, -0.25) is 14.5 Å². The van der Waals surface area contributed by atoms with E-state index in [0.717, 1.165) is 26.9 Å². The molecule has 3 aromatic carbocycles. The summed E-state index contributed by atoms with van der Waals surface area (Å²) in [7, 11) is 4.60. The number of rotatable bonds is 6. The van der Waals surface area contributed by atoms with E-state index < -0.39 is 17.7 Å². The maximum atomic E-state index is 13.7. The average Bonchev–Trinajstić information content (AvgIpc) is 3.46. The summed E-state index contributed by atoms with van der Waals surface area (Å²) in [5.74, 6) is -0.332. The summed E-state index contributed by atoms with van der Waals surface area (Å²) in [6, 6.07) is 13.2. The van der Waals surface area contributed by atoms with Crippen LogP contribution in [0.15, 0.2) is 54.1 Å². The Kier molecular flexibility index (Phi) is 6.78. The molecule has 200 valence electrons. The van der Waals surface area contributed by atoms with Gasteiger partial charge >= 0.3 is 5.91 Å². The van der Waals surface area contributed by atoms with Crippen molar-refractivity contribution in [3.63, 3.8) is 0 Å². The lowest BCUT2D eigenvalue weighted by atomic mass is 9.94. The third-order valence-corrected chi connectivity index (χ3v) is 7.87. The first kappa shape index (κ1) is 26.2. The highest BCUT2D eigenvalue weighted by molar-refractivity contribution is 7.22. The Hall–Kier alpha value is -4.37. The normalized spacial score (nSPS) is 16.7. The number of aromatic nitrogens is 1. The molecule has 2 heterocycles. The lowest BCUT2D eigenvalue weighted by Gasteiger charge is -2.25. The zero-order valence-corrected chi connectivity index (χ0v) is 23.3. The van der Waals surface area contributed by atoms with Crippen LogP contribution in [-0.2, 0) is 9.59 Å². The van der Waals surface area contributed by atoms with Crippen molar-refractivity contribution in [3.8, 4) is 17.2 Å². The molecule has 1 atom stereocenters. The number of amides is 1. The highest BCUT2D eigenvalue weighted by atomic mass is 32.1. The van der Waals surface area contributed by atoms with Gasteiger partial charge < -0.3 is 19.3 Å². The fourth-order valence-corrected chi connectivity index (χ4v) is 6.19. The van der Waals surface area contributed by atoms with Crippen molar-refractivity contribution in [1.29, 1.82) is 0 Å². The van der Waals surface area contributed by atoms with Crippen molar-refractivity contribution in [1.82, 2.24) is 4.98 Å². The number of hydrogen-bond acceptors (Lipinski definition) is 8. The van der Waals surface area contributed by atoms with Crippen LogP contribution in [0.25, 0.3) is 16.0 Å². The Morgan fingerprint density at radius 1 is 0.897 bits per heavy atom. The molecule has 9 heteroatoms. The molecule has 1 aromatic heterocycles. The fraction of sp³-hybridized carbons (Fsp3) is 0.233. The molecule has 0 bridgehead atoms. The van der Waals surface area contributed by atoms with E-state index in [1.165, 1.54) is 30.5 Å². The molecule has 1 unspecified atom stereocenters. The molecule has 0 saturated carbocycles. The highest BCUT2D eigenvalue weighted by Gasteiger charge is 2.49. The van der Waals surface area contributed by atoms with Gasteiger partial charge in [0.1, 0.15) is 29.0 Å². The number of carbonyl (C=O) groups excluding carboxylic acids is 2. The monoisotopic (exact) mass is 544 g/mol. The maximum Gasteiger partial charge on any atom is 0.301 e. The summed E-state index contributed by atoms with van der Waals surface area (Å²) >= 11 is 1.32. The van der Waals surface area contributed by atoms with Crippen LogP contribution in [0.1, 0.15) is 33.9 Å². The second-order valence-electron chi connectivity index (χ2n) is 9.39. The van der Waals surface area contributed by atoms with E-state index in [4.69, 9.17) is 19.2 Å². The van der Waals surface area contributed by atoms with Gasteiger partial charge in [-0.15, -0.1) is 0 Å². The number of anilines is 1. The number of hydrogen-bond donors (Lipinski definition) is 1. The number of aryl methyl sites for hydroxylation is 3. The van der Waals surface area contributed by atoms with E-state index in [-0.39, 0.29) is 11.3 Å². The van der Waals surface area contributed by atoms with Gasteiger partial charge in [-0.25, -0.2) is 4.98 Å². The Bertz CT molecular complexity index is 1670. The predicted molar refractivity (Wildman–Crippen MR) is 151 cm³/mol. The minimum atomic E-state index is -1.01. The van der Waals surface area contributed by atoms with Gasteiger partial charge in [0.05, 0.1) is 37.1 Å². The molecule has 1 aliphatic heterocycles. The topological polar surface area (TPSA) is 98.2 Å². The smallest absolute Gasteiger partial charge is 0.301 e. The molecular weight excluding hydrogens is 516 g/mol. The Labute approximate surface area is 230 Å². The summed E-state index contributed by atoms with van der Waals surface area (Å²) in [5.41, 5.74) is 4.35. The molecule has 0 radical (unpaired) electrons. The number of ether oxygens (including phenoxy) is 3. The van der Waals surface area contributed by atoms with Gasteiger partial charge in [-0.2, -0.15) is 0 Å². The summed E-state index contributed by atoms with van der Waals surface area (Å²) in [6.07, 6.45) is 0. The summed E-state index contributed by atoms with van der Waals surface area (Å²) in [6.45, 7) is 5.79. The van der Waals surface area contributed by atoms with Crippen LogP contribution >= 0.6 is 11.3 Å². The van der Waals surface area contributed by atoms with E-state index in [9.17, 15) is 14.7 Å². The Balaban J connectivity index is 1.79. The zero-order chi connectivity index (χ0) is 28.0. The van der Waals surface area contributed by atoms with Crippen LogP contribution in [0.2, 0.25) is 0 Å². The van der Waals surface area contributed by atoms with Gasteiger partial charge in [0.25, 0.3) is 5.78 Å². The number of carbonyl (C=O) groups is 2. The van der Waals surface area contributed by atoms with Gasteiger partial charge in [-0.05, 0) is 79.9 Å². The minimum Gasteiger partial charge on any atom is -0.507 e. The summed E-state index contributed by atoms with van der Waals surface area (Å²) in [4.78, 5) is 33.5. The van der Waals surface area contributed by atoms with Crippen molar-refractivity contribution in [2.45, 2.75) is 26.8 Å². The van der Waals surface area contributed by atoms with Crippen LogP contribution in [-0.4, -0.2) is 43.1 Å². The quantitative estimate of drug-likeness (QED) is 0.184. The van der Waals surface area contributed by atoms with Crippen LogP contribution in [0.4, 0.5) is 5.13 Å². The number of aliphatic hydroxyl groups is 1. The third-order valence-electron chi connectivity index (χ3n) is 6.87. The second-order valence-corrected chi connectivity index (χ2v) is 10.4. The Morgan fingerprint density at radius 2 is 1.62 bits per heavy atom. The molecule has 8 nitrogen and oxygen atoms in total. The van der Waals surface area contributed by atoms with E-state index in [0.29, 0.717) is 33.5 Å². The van der Waals surface area contributed by atoms with Crippen molar-refractivity contribution >= 4 is 44.1 Å². The van der Waals surface area contributed by atoms with Gasteiger partial charge in [0.2, 0.25) is 0 Å². The van der Waals surface area contributed by atoms with Crippen LogP contribution in [0, 0.1) is 20.8 Å². The lowest BCUT2D eigenvalue weighted by Crippen LogP contribution is -2.29. The zero-order valence-electron chi connectivity index (χ0n) is 22.5. The number of Topliss-reactive ketones (excluding diaryl/α,β-unsaturated/α-hetero) is 1. The van der Waals surface area contributed by atoms with Gasteiger partial charge in [0.15, 0.2) is 5.13 Å². The summed E-state index contributed by atoms with van der Waals surface area (Å²) in [5, 5.41) is 11.9. The van der Waals surface area contributed by atoms with E-state index in [1.54, 1.807) is 43.5 Å². The first-order valence-electron chi connectivity index (χ1n) is 12.2. The first-order chi connectivity index (χ1) is 18.7. The lowest BCUT2D eigenvalue weighted by molar-refractivity contribution is -0.132. The Morgan fingerprint density at radius 3 is 2.28 bits per heavy atom. The predicted octanol–water partition coefficient (Wildman–Crippen LogP) is 5.87. The van der Waals surface area contributed by atoms with Crippen LogP contribution in [0.3, 0.4) is 0 Å². The molecule has 0 aliphatic carbocycles. The first-order valence-corrected chi connectivity index (χ1v) is 13.1. The molecular formula is C30H28N2O6S. The van der Waals surface area contributed by atoms with Crippen molar-refractivity contribution in [2.24, 2.45) is 0 Å². The number of nitrogens with zero attached hydrogens (tertiary/aromatic N) is 2. The molecule has 1 amide bonds. The van der Waals surface area contributed by atoms with Crippen molar-refractivity contribution in [2.75, 3.05) is 26.2 Å². The molecule has 1 aliphatic rings. The fourth-order valence-electron chi connectivity index (χ4n) is 5.02. The molecule has 1 fully saturated rings. The second kappa shape index (κ2) is 10.1. The average molecular weight is 545 g/mol. The third kappa shape index (κ3) is 4.38. The SMILES string of the molecule is COc1ccc(OC)c(C2C(=C(O)c3ccc(OC)c(C)c3)C(=O)C(=O)N2c2nc3c(C)cc(C)cc3s2)c1.